The number of hydrogen-bond acceptors (Lipinski definition) is 4. The first-order chi connectivity index (χ1) is 9.66. The molecule has 0 aromatic heterocycles. The summed E-state index contributed by atoms with van der Waals surface area (Å²) in [6.07, 6.45) is 2.40. The first-order valence-electron chi connectivity index (χ1n) is 8.05. The van der Waals surface area contributed by atoms with Crippen LogP contribution >= 0.6 is 0 Å². The van der Waals surface area contributed by atoms with Crippen LogP contribution in [0.4, 0.5) is 0 Å². The largest absolute Gasteiger partial charge is 0.378 e. The van der Waals surface area contributed by atoms with Gasteiger partial charge in [-0.05, 0) is 20.3 Å². The smallest absolute Gasteiger partial charge is 0.155 e. The molecule has 4 nitrogen and oxygen atoms in total. The number of rotatable bonds is 11. The number of hydrogen-bond donors (Lipinski definition) is 1. The summed E-state index contributed by atoms with van der Waals surface area (Å²) in [7, 11) is 0. The quantitative estimate of drug-likeness (QED) is 0.590. The van der Waals surface area contributed by atoms with Crippen molar-refractivity contribution in [2.75, 3.05) is 33.0 Å². The first-order valence-corrected chi connectivity index (χ1v) is 8.05. The summed E-state index contributed by atoms with van der Waals surface area (Å²) < 4.78 is 10.4. The highest BCUT2D eigenvalue weighted by molar-refractivity contribution is 5.76. The van der Waals surface area contributed by atoms with Crippen molar-refractivity contribution >= 4 is 5.78 Å². The van der Waals surface area contributed by atoms with Gasteiger partial charge in [-0.1, -0.05) is 41.0 Å². The lowest BCUT2D eigenvalue weighted by Crippen LogP contribution is -2.29. The van der Waals surface area contributed by atoms with Crippen LogP contribution in [0.1, 0.15) is 62.7 Å². The van der Waals surface area contributed by atoms with Crippen LogP contribution in [0.3, 0.4) is 0 Å². The van der Waals surface area contributed by atoms with Gasteiger partial charge in [-0.2, -0.15) is 0 Å². The second-order valence-corrected chi connectivity index (χ2v) is 4.01. The van der Waals surface area contributed by atoms with E-state index in [9.17, 15) is 4.79 Å². The van der Waals surface area contributed by atoms with E-state index in [0.29, 0.717) is 25.9 Å². The monoisotopic (exact) mass is 293 g/mol. The minimum absolute atomic E-state index is 0. The lowest BCUT2D eigenvalue weighted by atomic mass is 10.2. The van der Waals surface area contributed by atoms with Gasteiger partial charge in [-0.15, -0.1) is 0 Å². The standard InChI is InChI=1S/C12H25NO3.2C2H6.H2/c1-4-5-11(2)13-6-7-15-8-9-16-10-12(3)14;2*1-2;/h11,13H,4-10H2,1-3H3;2*1-2H3;1H. The third-order valence-corrected chi connectivity index (χ3v) is 2.14. The van der Waals surface area contributed by atoms with Crippen molar-refractivity contribution in [3.8, 4) is 0 Å². The predicted octanol–water partition coefficient (Wildman–Crippen LogP) is 3.69. The highest BCUT2D eigenvalue weighted by atomic mass is 16.5. The maximum absolute atomic E-state index is 10.5. The molecular formula is C16H39NO3. The van der Waals surface area contributed by atoms with Gasteiger partial charge in [0.05, 0.1) is 19.8 Å². The van der Waals surface area contributed by atoms with Crippen LogP contribution in [0.2, 0.25) is 0 Å². The second-order valence-electron chi connectivity index (χ2n) is 4.01. The Morgan fingerprint density at radius 3 is 2.15 bits per heavy atom. The molecule has 0 bridgehead atoms. The molecule has 126 valence electrons. The summed E-state index contributed by atoms with van der Waals surface area (Å²) in [5.41, 5.74) is 0. The highest BCUT2D eigenvalue weighted by Crippen LogP contribution is 1.93. The van der Waals surface area contributed by atoms with Crippen LogP contribution in [-0.2, 0) is 14.3 Å². The Labute approximate surface area is 128 Å². The van der Waals surface area contributed by atoms with Crippen LogP contribution in [0.5, 0.6) is 0 Å². The zero-order valence-electron chi connectivity index (χ0n) is 14.8. The second kappa shape index (κ2) is 23.6. The van der Waals surface area contributed by atoms with Crippen LogP contribution in [0, 0.1) is 0 Å². The van der Waals surface area contributed by atoms with E-state index in [-0.39, 0.29) is 13.8 Å². The van der Waals surface area contributed by atoms with Gasteiger partial charge in [0.1, 0.15) is 6.61 Å². The van der Waals surface area contributed by atoms with E-state index in [1.165, 1.54) is 19.8 Å². The SMILES string of the molecule is CC.CC.CCCC(C)NCCOCCOCC(C)=O.[HH]. The van der Waals surface area contributed by atoms with E-state index in [4.69, 9.17) is 9.47 Å². The summed E-state index contributed by atoms with van der Waals surface area (Å²) in [5.74, 6) is 0.0510. The molecule has 0 aliphatic rings. The normalized spacial score (nSPS) is 10.8. The van der Waals surface area contributed by atoms with Crippen molar-refractivity contribution in [2.24, 2.45) is 0 Å². The van der Waals surface area contributed by atoms with Crippen molar-refractivity contribution in [3.63, 3.8) is 0 Å². The summed E-state index contributed by atoms with van der Waals surface area (Å²) in [6, 6.07) is 0.558. The molecule has 0 saturated carbocycles. The summed E-state index contributed by atoms with van der Waals surface area (Å²) in [5, 5.41) is 3.37. The fourth-order valence-electron chi connectivity index (χ4n) is 1.35. The summed E-state index contributed by atoms with van der Waals surface area (Å²) >= 11 is 0. The molecule has 0 fully saturated rings. The molecule has 0 spiro atoms. The third-order valence-electron chi connectivity index (χ3n) is 2.14. The predicted molar refractivity (Wildman–Crippen MR) is 89.5 cm³/mol. The van der Waals surface area contributed by atoms with Gasteiger partial charge < -0.3 is 14.8 Å². The van der Waals surface area contributed by atoms with Gasteiger partial charge in [-0.25, -0.2) is 0 Å². The van der Waals surface area contributed by atoms with E-state index in [2.05, 4.69) is 19.2 Å². The van der Waals surface area contributed by atoms with Crippen molar-refractivity contribution in [2.45, 2.75) is 67.3 Å². The van der Waals surface area contributed by atoms with Crippen LogP contribution in [0.15, 0.2) is 0 Å². The molecule has 20 heavy (non-hydrogen) atoms. The number of ketones is 1. The van der Waals surface area contributed by atoms with Crippen molar-refractivity contribution < 1.29 is 15.7 Å². The molecule has 0 radical (unpaired) electrons. The molecule has 1 N–H and O–H groups in total. The van der Waals surface area contributed by atoms with Crippen LogP contribution < -0.4 is 5.32 Å². The number of nitrogens with one attached hydrogen (secondary N) is 1. The zero-order valence-corrected chi connectivity index (χ0v) is 14.8. The third kappa shape index (κ3) is 26.2. The van der Waals surface area contributed by atoms with Gasteiger partial charge in [0.15, 0.2) is 5.78 Å². The van der Waals surface area contributed by atoms with Gasteiger partial charge in [0, 0.05) is 14.0 Å². The maximum Gasteiger partial charge on any atom is 0.155 e. The molecule has 0 aliphatic heterocycles. The van der Waals surface area contributed by atoms with Crippen LogP contribution in [-0.4, -0.2) is 44.8 Å². The van der Waals surface area contributed by atoms with Gasteiger partial charge >= 0.3 is 0 Å². The minimum Gasteiger partial charge on any atom is -0.378 e. The number of ether oxygens (including phenoxy) is 2. The lowest BCUT2D eigenvalue weighted by molar-refractivity contribution is -0.121. The van der Waals surface area contributed by atoms with Crippen molar-refractivity contribution in [1.29, 1.82) is 0 Å². The average molecular weight is 293 g/mol. The molecule has 0 amide bonds. The molecule has 0 aromatic rings. The van der Waals surface area contributed by atoms with Crippen molar-refractivity contribution in [3.05, 3.63) is 0 Å². The fourth-order valence-corrected chi connectivity index (χ4v) is 1.35. The molecule has 0 rings (SSSR count). The van der Waals surface area contributed by atoms with Crippen LogP contribution in [0.25, 0.3) is 0 Å². The Balaban J connectivity index is -0.000000264. The van der Waals surface area contributed by atoms with E-state index >= 15 is 0 Å². The Hall–Kier alpha value is -0.450. The Bertz CT molecular complexity index is 181. The number of carbonyl (C=O) groups excluding carboxylic acids is 1. The molecule has 0 heterocycles. The molecule has 0 aliphatic carbocycles. The first kappa shape index (κ1) is 24.6. The molecule has 4 heteroatoms. The molecular weight excluding hydrogens is 254 g/mol. The van der Waals surface area contributed by atoms with Gasteiger partial charge in [0.25, 0.3) is 0 Å². The van der Waals surface area contributed by atoms with Crippen molar-refractivity contribution in [1.82, 2.24) is 5.32 Å². The molecule has 0 aromatic carbocycles. The maximum atomic E-state index is 10.5. The molecule has 0 saturated heterocycles. The summed E-state index contributed by atoms with van der Waals surface area (Å²) in [4.78, 5) is 10.5. The fraction of sp³-hybridized carbons (Fsp3) is 0.938. The molecule has 1 unspecified atom stereocenters. The van der Waals surface area contributed by atoms with E-state index in [0.717, 1.165) is 6.54 Å². The molecule has 1 atom stereocenters. The minimum atomic E-state index is 0. The van der Waals surface area contributed by atoms with Gasteiger partial charge in [0.2, 0.25) is 0 Å². The topological polar surface area (TPSA) is 47.6 Å². The van der Waals surface area contributed by atoms with E-state index in [1.54, 1.807) is 0 Å². The Kier molecular flexibility index (Phi) is 29.0. The summed E-state index contributed by atoms with van der Waals surface area (Å²) in [6.45, 7) is 16.7. The highest BCUT2D eigenvalue weighted by Gasteiger charge is 1.98. The van der Waals surface area contributed by atoms with Gasteiger partial charge in [-0.3, -0.25) is 4.79 Å². The Morgan fingerprint density at radius 1 is 1.10 bits per heavy atom. The average Bonchev–Trinajstić information content (AvgIpc) is 2.46. The van der Waals surface area contributed by atoms with E-state index < -0.39 is 0 Å². The Morgan fingerprint density at radius 2 is 1.65 bits per heavy atom. The van der Waals surface area contributed by atoms with E-state index in [1.807, 2.05) is 27.7 Å². The number of carbonyl (C=O) groups is 1. The number of Topliss-reactive ketones (excluding diaryl/α,β-unsaturated/α-hetero) is 1. The lowest BCUT2D eigenvalue weighted by Gasteiger charge is -2.12. The zero-order chi connectivity index (χ0) is 16.2.